The maximum Gasteiger partial charge on any atom is 0.271 e. The highest BCUT2D eigenvalue weighted by Gasteiger charge is 2.17. The number of nitrogens with zero attached hydrogens (tertiary/aromatic N) is 1. The first-order chi connectivity index (χ1) is 10.4. The molecule has 0 atom stereocenters. The van der Waals surface area contributed by atoms with E-state index in [1.165, 1.54) is 31.4 Å². The van der Waals surface area contributed by atoms with Gasteiger partial charge in [-0.2, -0.15) is 0 Å². The molecular weight excluding hydrogens is 359 g/mol. The van der Waals surface area contributed by atoms with Gasteiger partial charge in [0, 0.05) is 16.6 Å². The van der Waals surface area contributed by atoms with Gasteiger partial charge in [-0.05, 0) is 24.3 Å². The highest BCUT2D eigenvalue weighted by Crippen LogP contribution is 2.29. The maximum atomic E-state index is 13.8. The molecule has 6 nitrogen and oxygen atoms in total. The highest BCUT2D eigenvalue weighted by atomic mass is 79.9. The lowest BCUT2D eigenvalue weighted by atomic mass is 10.2. The number of hydrogen-bond donors (Lipinski definition) is 1. The number of nitrogens with one attached hydrogen (secondary N) is 1. The summed E-state index contributed by atoms with van der Waals surface area (Å²) in [5.41, 5.74) is -0.312. The number of carbonyl (C=O) groups is 1. The maximum absolute atomic E-state index is 13.8. The molecule has 2 rings (SSSR count). The summed E-state index contributed by atoms with van der Waals surface area (Å²) < 4.78 is 19.3. The smallest absolute Gasteiger partial charge is 0.271 e. The second-order valence-electron chi connectivity index (χ2n) is 4.22. The van der Waals surface area contributed by atoms with E-state index in [-0.39, 0.29) is 22.7 Å². The van der Waals surface area contributed by atoms with Gasteiger partial charge < -0.3 is 10.1 Å². The van der Waals surface area contributed by atoms with Crippen LogP contribution in [0.2, 0.25) is 0 Å². The molecule has 0 heterocycles. The molecule has 0 radical (unpaired) electrons. The fourth-order valence-corrected chi connectivity index (χ4v) is 2.10. The van der Waals surface area contributed by atoms with Crippen LogP contribution in [0.25, 0.3) is 0 Å². The van der Waals surface area contributed by atoms with Crippen LogP contribution in [-0.2, 0) is 0 Å². The lowest BCUT2D eigenvalue weighted by Crippen LogP contribution is -2.14. The summed E-state index contributed by atoms with van der Waals surface area (Å²) in [7, 11) is 1.36. The second kappa shape index (κ2) is 6.52. The summed E-state index contributed by atoms with van der Waals surface area (Å²) in [6.07, 6.45) is 0. The van der Waals surface area contributed by atoms with Crippen molar-refractivity contribution < 1.29 is 18.8 Å². The average Bonchev–Trinajstić information content (AvgIpc) is 2.46. The minimum atomic E-state index is -0.733. The Hall–Kier alpha value is -2.48. The number of hydrogen-bond acceptors (Lipinski definition) is 4. The molecule has 0 aliphatic rings. The molecule has 0 saturated heterocycles. The van der Waals surface area contributed by atoms with Crippen LogP contribution >= 0.6 is 15.9 Å². The third-order valence-electron chi connectivity index (χ3n) is 2.82. The molecule has 0 aliphatic heterocycles. The standard InChI is InChI=1S/C14H10BrFN2O4/c1-22-13-5-3-9(18(20)21)7-12(13)17-14(19)10-4-2-8(15)6-11(10)16/h2-7H,1H3,(H,17,19). The number of rotatable bonds is 4. The van der Waals surface area contributed by atoms with Gasteiger partial charge >= 0.3 is 0 Å². The molecule has 1 amide bonds. The molecule has 1 N–H and O–H groups in total. The normalized spacial score (nSPS) is 10.1. The Morgan fingerprint density at radius 2 is 2.05 bits per heavy atom. The Morgan fingerprint density at radius 3 is 2.64 bits per heavy atom. The molecule has 8 heteroatoms. The molecule has 0 unspecified atom stereocenters. The van der Waals surface area contributed by atoms with Crippen molar-refractivity contribution in [3.05, 3.63) is 62.4 Å². The Balaban J connectivity index is 2.34. The van der Waals surface area contributed by atoms with E-state index in [4.69, 9.17) is 4.74 Å². The molecule has 0 fully saturated rings. The van der Waals surface area contributed by atoms with E-state index in [1.54, 1.807) is 0 Å². The number of ether oxygens (including phenoxy) is 1. The molecule has 22 heavy (non-hydrogen) atoms. The molecule has 0 spiro atoms. The monoisotopic (exact) mass is 368 g/mol. The molecule has 114 valence electrons. The first-order valence-corrected chi connectivity index (χ1v) is 6.80. The zero-order valence-corrected chi connectivity index (χ0v) is 12.9. The van der Waals surface area contributed by atoms with Crippen LogP contribution < -0.4 is 10.1 Å². The third kappa shape index (κ3) is 3.40. The number of anilines is 1. The quantitative estimate of drug-likeness (QED) is 0.657. The second-order valence-corrected chi connectivity index (χ2v) is 5.14. The number of benzene rings is 2. The Kier molecular flexibility index (Phi) is 4.71. The minimum Gasteiger partial charge on any atom is -0.495 e. The number of methoxy groups -OCH3 is 1. The van der Waals surface area contributed by atoms with Crippen LogP contribution in [0.4, 0.5) is 15.8 Å². The lowest BCUT2D eigenvalue weighted by molar-refractivity contribution is -0.384. The fraction of sp³-hybridized carbons (Fsp3) is 0.0714. The van der Waals surface area contributed by atoms with Gasteiger partial charge in [0.15, 0.2) is 0 Å². The number of nitro groups is 1. The van der Waals surface area contributed by atoms with E-state index in [1.807, 2.05) is 0 Å². The first kappa shape index (κ1) is 15.9. The van der Waals surface area contributed by atoms with E-state index in [0.717, 1.165) is 12.1 Å². The number of amides is 1. The van der Waals surface area contributed by atoms with E-state index in [0.29, 0.717) is 4.47 Å². The van der Waals surface area contributed by atoms with Crippen molar-refractivity contribution in [2.45, 2.75) is 0 Å². The predicted octanol–water partition coefficient (Wildman–Crippen LogP) is 3.76. The van der Waals surface area contributed by atoms with Crippen molar-refractivity contribution in [1.82, 2.24) is 0 Å². The van der Waals surface area contributed by atoms with Crippen LogP contribution in [0.5, 0.6) is 5.75 Å². The zero-order valence-electron chi connectivity index (χ0n) is 11.3. The predicted molar refractivity (Wildman–Crippen MR) is 81.7 cm³/mol. The summed E-state index contributed by atoms with van der Waals surface area (Å²) in [5.74, 6) is -1.21. The fourth-order valence-electron chi connectivity index (χ4n) is 1.77. The summed E-state index contributed by atoms with van der Waals surface area (Å²) in [6, 6.07) is 7.72. The van der Waals surface area contributed by atoms with E-state index < -0.39 is 16.6 Å². The van der Waals surface area contributed by atoms with E-state index in [9.17, 15) is 19.3 Å². The van der Waals surface area contributed by atoms with Crippen molar-refractivity contribution in [3.8, 4) is 5.75 Å². The van der Waals surface area contributed by atoms with Crippen LogP contribution in [-0.4, -0.2) is 17.9 Å². The molecule has 2 aromatic rings. The SMILES string of the molecule is COc1ccc([N+](=O)[O-])cc1NC(=O)c1ccc(Br)cc1F. The number of carbonyl (C=O) groups excluding carboxylic acids is 1. The van der Waals surface area contributed by atoms with Crippen LogP contribution in [0, 0.1) is 15.9 Å². The largest absolute Gasteiger partial charge is 0.495 e. The zero-order chi connectivity index (χ0) is 16.3. The molecule has 0 bridgehead atoms. The summed E-state index contributed by atoms with van der Waals surface area (Å²) >= 11 is 3.09. The van der Waals surface area contributed by atoms with E-state index >= 15 is 0 Å². The van der Waals surface area contributed by atoms with Gasteiger partial charge in [0.2, 0.25) is 0 Å². The van der Waals surface area contributed by atoms with E-state index in [2.05, 4.69) is 21.2 Å². The Bertz CT molecular complexity index is 752. The third-order valence-corrected chi connectivity index (χ3v) is 3.31. The van der Waals surface area contributed by atoms with Gasteiger partial charge in [-0.15, -0.1) is 0 Å². The summed E-state index contributed by atoms with van der Waals surface area (Å²) in [4.78, 5) is 22.3. The summed E-state index contributed by atoms with van der Waals surface area (Å²) in [5, 5.41) is 13.2. The van der Waals surface area contributed by atoms with Crippen LogP contribution in [0.1, 0.15) is 10.4 Å². The van der Waals surface area contributed by atoms with Gasteiger partial charge in [0.05, 0.1) is 23.3 Å². The summed E-state index contributed by atoms with van der Waals surface area (Å²) in [6.45, 7) is 0. The topological polar surface area (TPSA) is 81.5 Å². The number of non-ortho nitro benzene ring substituents is 1. The minimum absolute atomic E-state index is 0.0871. The molecule has 2 aromatic carbocycles. The Morgan fingerprint density at radius 1 is 1.32 bits per heavy atom. The van der Waals surface area contributed by atoms with Gasteiger partial charge in [-0.1, -0.05) is 15.9 Å². The molecule has 0 aromatic heterocycles. The van der Waals surface area contributed by atoms with Crippen molar-refractivity contribution in [1.29, 1.82) is 0 Å². The van der Waals surface area contributed by atoms with Gasteiger partial charge in [0.25, 0.3) is 11.6 Å². The molecular formula is C14H10BrFN2O4. The van der Waals surface area contributed by atoms with Crippen LogP contribution in [0.15, 0.2) is 40.9 Å². The Labute approximate surface area is 133 Å². The van der Waals surface area contributed by atoms with Crippen LogP contribution in [0.3, 0.4) is 0 Å². The number of halogens is 2. The lowest BCUT2D eigenvalue weighted by Gasteiger charge is -2.10. The van der Waals surface area contributed by atoms with Crippen molar-refractivity contribution in [3.63, 3.8) is 0 Å². The average molecular weight is 369 g/mol. The molecule has 0 aliphatic carbocycles. The van der Waals surface area contributed by atoms with Gasteiger partial charge in [-0.3, -0.25) is 14.9 Å². The van der Waals surface area contributed by atoms with Crippen molar-refractivity contribution in [2.75, 3.05) is 12.4 Å². The van der Waals surface area contributed by atoms with Gasteiger partial charge in [0.1, 0.15) is 11.6 Å². The first-order valence-electron chi connectivity index (χ1n) is 6.01. The molecule has 0 saturated carbocycles. The van der Waals surface area contributed by atoms with Crippen molar-refractivity contribution >= 4 is 33.2 Å². The highest BCUT2D eigenvalue weighted by molar-refractivity contribution is 9.10. The van der Waals surface area contributed by atoms with Gasteiger partial charge in [-0.25, -0.2) is 4.39 Å². The van der Waals surface area contributed by atoms with Crippen molar-refractivity contribution in [2.24, 2.45) is 0 Å². The number of nitro benzene ring substituents is 1.